The molecule has 4 aromatic rings. The number of nitrogens with one attached hydrogen (secondary N) is 1. The zero-order chi connectivity index (χ0) is 22.2. The molecule has 6 heteroatoms. The van der Waals surface area contributed by atoms with Gasteiger partial charge in [-0.25, -0.2) is 9.67 Å². The minimum Gasteiger partial charge on any atom is -0.497 e. The Morgan fingerprint density at radius 2 is 1.66 bits per heavy atom. The number of rotatable bonds is 8. The van der Waals surface area contributed by atoms with Crippen LogP contribution in [0, 0.1) is 0 Å². The van der Waals surface area contributed by atoms with E-state index in [1.165, 1.54) is 5.56 Å². The predicted molar refractivity (Wildman–Crippen MR) is 129 cm³/mol. The summed E-state index contributed by atoms with van der Waals surface area (Å²) in [5, 5.41) is 8.02. The van der Waals surface area contributed by atoms with E-state index in [0.717, 1.165) is 34.7 Å². The number of benzene rings is 3. The minimum atomic E-state index is 0.421. The Bertz CT molecular complexity index is 1150. The summed E-state index contributed by atoms with van der Waals surface area (Å²) in [5.74, 6) is 1.28. The van der Waals surface area contributed by atoms with E-state index >= 15 is 0 Å². The fraction of sp³-hybridized carbons (Fsp3) is 0.154. The lowest BCUT2D eigenvalue weighted by Gasteiger charge is -2.07. The van der Waals surface area contributed by atoms with Gasteiger partial charge in [0.25, 0.3) is 0 Å². The van der Waals surface area contributed by atoms with E-state index in [2.05, 4.69) is 34.6 Å². The number of nitrogens with zero attached hydrogens (tertiary/aromatic N) is 3. The predicted octanol–water partition coefficient (Wildman–Crippen LogP) is 4.19. The lowest BCUT2D eigenvalue weighted by Crippen LogP contribution is -2.33. The summed E-state index contributed by atoms with van der Waals surface area (Å²) in [6.45, 7) is 1.15. The van der Waals surface area contributed by atoms with Crippen molar-refractivity contribution >= 4 is 5.96 Å². The molecule has 4 rings (SSSR count). The Morgan fingerprint density at radius 3 is 2.34 bits per heavy atom. The van der Waals surface area contributed by atoms with Crippen LogP contribution in [0.5, 0.6) is 5.75 Å². The molecule has 0 atom stereocenters. The molecule has 0 aliphatic rings. The number of para-hydroxylation sites is 1. The van der Waals surface area contributed by atoms with Crippen molar-refractivity contribution in [3.8, 4) is 22.7 Å². The van der Waals surface area contributed by atoms with Crippen molar-refractivity contribution in [3.63, 3.8) is 0 Å². The van der Waals surface area contributed by atoms with Crippen LogP contribution in [-0.2, 0) is 13.0 Å². The molecule has 0 unspecified atom stereocenters. The van der Waals surface area contributed by atoms with Gasteiger partial charge in [0.1, 0.15) is 5.75 Å². The van der Waals surface area contributed by atoms with Gasteiger partial charge in [0.15, 0.2) is 5.96 Å². The maximum absolute atomic E-state index is 6.13. The number of aromatic nitrogens is 2. The molecule has 1 aromatic heterocycles. The van der Waals surface area contributed by atoms with Gasteiger partial charge >= 0.3 is 0 Å². The first-order chi connectivity index (χ1) is 15.7. The Kier molecular flexibility index (Phi) is 6.82. The highest BCUT2D eigenvalue weighted by Crippen LogP contribution is 2.24. The second-order valence-electron chi connectivity index (χ2n) is 7.38. The van der Waals surface area contributed by atoms with Crippen molar-refractivity contribution in [1.29, 1.82) is 0 Å². The number of aliphatic imine (C=N–C) groups is 1. The maximum atomic E-state index is 6.13. The molecular weight excluding hydrogens is 398 g/mol. The number of hydrogen-bond acceptors (Lipinski definition) is 3. The number of guanidine groups is 1. The zero-order valence-corrected chi connectivity index (χ0v) is 18.1. The molecule has 0 bridgehead atoms. The first-order valence-electron chi connectivity index (χ1n) is 10.6. The van der Waals surface area contributed by atoms with Crippen LogP contribution in [0.4, 0.5) is 0 Å². The fourth-order valence-corrected chi connectivity index (χ4v) is 3.43. The fourth-order valence-electron chi connectivity index (χ4n) is 3.43. The first kappa shape index (κ1) is 21.2. The standard InChI is InChI=1S/C26H27N5O/c1-32-24-14-12-20(13-15-24)16-17-28-26(27)29-18-22-19-31(23-10-6-3-7-11-23)30-25(22)21-8-4-2-5-9-21/h2-15,19H,16-18H2,1H3,(H3,27,28,29). The van der Waals surface area contributed by atoms with E-state index in [0.29, 0.717) is 19.0 Å². The third kappa shape index (κ3) is 5.35. The molecule has 32 heavy (non-hydrogen) atoms. The van der Waals surface area contributed by atoms with E-state index in [1.54, 1.807) is 7.11 Å². The summed E-state index contributed by atoms with van der Waals surface area (Å²) in [4.78, 5) is 4.56. The Hall–Kier alpha value is -4.06. The average Bonchev–Trinajstić information content (AvgIpc) is 3.29. The number of nitrogens with two attached hydrogens (primary N) is 1. The summed E-state index contributed by atoms with van der Waals surface area (Å²) < 4.78 is 7.09. The zero-order valence-electron chi connectivity index (χ0n) is 18.1. The molecular formula is C26H27N5O. The molecule has 0 aliphatic carbocycles. The summed E-state index contributed by atoms with van der Waals surface area (Å²) >= 11 is 0. The van der Waals surface area contributed by atoms with Crippen LogP contribution in [0.1, 0.15) is 11.1 Å². The molecule has 3 N–H and O–H groups in total. The highest BCUT2D eigenvalue weighted by atomic mass is 16.5. The van der Waals surface area contributed by atoms with Gasteiger partial charge < -0.3 is 15.8 Å². The van der Waals surface area contributed by atoms with Crippen molar-refractivity contribution in [2.24, 2.45) is 10.7 Å². The van der Waals surface area contributed by atoms with Crippen LogP contribution in [0.15, 0.2) is 96.1 Å². The molecule has 0 saturated carbocycles. The van der Waals surface area contributed by atoms with Crippen molar-refractivity contribution in [1.82, 2.24) is 15.1 Å². The lowest BCUT2D eigenvalue weighted by molar-refractivity contribution is 0.414. The van der Waals surface area contributed by atoms with Gasteiger partial charge in [-0.3, -0.25) is 0 Å². The number of hydrogen-bond donors (Lipinski definition) is 2. The molecule has 0 radical (unpaired) electrons. The van der Waals surface area contributed by atoms with Crippen molar-refractivity contribution < 1.29 is 4.74 Å². The molecule has 0 spiro atoms. The topological polar surface area (TPSA) is 77.5 Å². The monoisotopic (exact) mass is 425 g/mol. The molecule has 0 fully saturated rings. The smallest absolute Gasteiger partial charge is 0.188 e. The molecule has 0 saturated heterocycles. The Morgan fingerprint density at radius 1 is 0.969 bits per heavy atom. The minimum absolute atomic E-state index is 0.421. The second kappa shape index (κ2) is 10.3. The second-order valence-corrected chi connectivity index (χ2v) is 7.38. The van der Waals surface area contributed by atoms with Gasteiger partial charge in [-0.1, -0.05) is 60.7 Å². The summed E-state index contributed by atoms with van der Waals surface area (Å²) in [7, 11) is 1.67. The van der Waals surface area contributed by atoms with E-state index in [1.807, 2.05) is 71.5 Å². The largest absolute Gasteiger partial charge is 0.497 e. The van der Waals surface area contributed by atoms with Gasteiger partial charge in [0, 0.05) is 23.9 Å². The summed E-state index contributed by atoms with van der Waals surface area (Å²) in [6, 6.07) is 28.2. The lowest BCUT2D eigenvalue weighted by atomic mass is 10.1. The van der Waals surface area contributed by atoms with Crippen LogP contribution in [0.3, 0.4) is 0 Å². The van der Waals surface area contributed by atoms with Crippen molar-refractivity contribution in [2.75, 3.05) is 13.7 Å². The third-order valence-electron chi connectivity index (χ3n) is 5.16. The molecule has 0 aliphatic heterocycles. The van der Waals surface area contributed by atoms with Crippen molar-refractivity contribution in [3.05, 3.63) is 102 Å². The number of methoxy groups -OCH3 is 1. The van der Waals surface area contributed by atoms with Crippen LogP contribution in [0.25, 0.3) is 16.9 Å². The summed E-state index contributed by atoms with van der Waals surface area (Å²) in [6.07, 6.45) is 2.87. The Labute approximate surface area is 188 Å². The van der Waals surface area contributed by atoms with Crippen LogP contribution >= 0.6 is 0 Å². The molecule has 0 amide bonds. The van der Waals surface area contributed by atoms with Gasteiger partial charge in [0.2, 0.25) is 0 Å². The van der Waals surface area contributed by atoms with Crippen LogP contribution in [0.2, 0.25) is 0 Å². The highest BCUT2D eigenvalue weighted by Gasteiger charge is 2.12. The maximum Gasteiger partial charge on any atom is 0.188 e. The SMILES string of the molecule is COc1ccc(CCNC(N)=NCc2cn(-c3ccccc3)nc2-c2ccccc2)cc1. The van der Waals surface area contributed by atoms with Gasteiger partial charge in [0.05, 0.1) is 25.0 Å². The first-order valence-corrected chi connectivity index (χ1v) is 10.6. The quantitative estimate of drug-likeness (QED) is 0.328. The third-order valence-corrected chi connectivity index (χ3v) is 5.16. The van der Waals surface area contributed by atoms with E-state index in [4.69, 9.17) is 15.6 Å². The van der Waals surface area contributed by atoms with E-state index in [-0.39, 0.29) is 0 Å². The molecule has 1 heterocycles. The van der Waals surface area contributed by atoms with Crippen molar-refractivity contribution in [2.45, 2.75) is 13.0 Å². The van der Waals surface area contributed by atoms with E-state index in [9.17, 15) is 0 Å². The summed E-state index contributed by atoms with van der Waals surface area (Å²) in [5.41, 5.74) is 11.3. The molecule has 6 nitrogen and oxygen atoms in total. The highest BCUT2D eigenvalue weighted by molar-refractivity contribution is 5.78. The van der Waals surface area contributed by atoms with Gasteiger partial charge in [-0.05, 0) is 36.2 Å². The number of ether oxygens (including phenoxy) is 1. The van der Waals surface area contributed by atoms with E-state index < -0.39 is 0 Å². The molecule has 162 valence electrons. The Balaban J connectivity index is 1.45. The normalized spacial score (nSPS) is 11.3. The molecule has 3 aromatic carbocycles. The van der Waals surface area contributed by atoms with Gasteiger partial charge in [-0.15, -0.1) is 0 Å². The van der Waals surface area contributed by atoms with Crippen LogP contribution in [-0.4, -0.2) is 29.4 Å². The average molecular weight is 426 g/mol. The van der Waals surface area contributed by atoms with Crippen LogP contribution < -0.4 is 15.8 Å². The van der Waals surface area contributed by atoms with Gasteiger partial charge in [-0.2, -0.15) is 5.10 Å².